The van der Waals surface area contributed by atoms with Crippen LogP contribution in [0.2, 0.25) is 0 Å². The minimum atomic E-state index is -0.721. The molecule has 2 fully saturated rings. The predicted molar refractivity (Wildman–Crippen MR) is 136 cm³/mol. The molecule has 1 amide bonds. The minimum Gasteiger partial charge on any atom is -0.507 e. The lowest BCUT2D eigenvalue weighted by molar-refractivity contribution is -0.140. The molecular weight excluding hydrogens is 460 g/mol. The van der Waals surface area contributed by atoms with Crippen LogP contribution in [-0.4, -0.2) is 79.7 Å². The van der Waals surface area contributed by atoms with E-state index >= 15 is 0 Å². The minimum absolute atomic E-state index is 0.0689. The number of rotatable bonds is 10. The molecule has 8 heteroatoms. The number of ketones is 1. The predicted octanol–water partition coefficient (Wildman–Crippen LogP) is 3.40. The van der Waals surface area contributed by atoms with Crippen LogP contribution in [0.15, 0.2) is 66.8 Å². The van der Waals surface area contributed by atoms with Crippen molar-refractivity contribution in [2.45, 2.75) is 12.5 Å². The lowest BCUT2D eigenvalue weighted by Crippen LogP contribution is -2.38. The summed E-state index contributed by atoms with van der Waals surface area (Å²) in [5.74, 6) is -0.308. The molecule has 4 rings (SSSR count). The van der Waals surface area contributed by atoms with Crippen molar-refractivity contribution in [2.24, 2.45) is 0 Å². The number of morpholine rings is 1. The topological polar surface area (TPSA) is 88.5 Å². The maximum absolute atomic E-state index is 13.2. The summed E-state index contributed by atoms with van der Waals surface area (Å²) in [5.41, 5.74) is 1.20. The number of nitrogens with zero attached hydrogens (tertiary/aromatic N) is 2. The number of hydrogen-bond donors (Lipinski definition) is 1. The van der Waals surface area contributed by atoms with Crippen LogP contribution >= 0.6 is 0 Å². The Bertz CT molecular complexity index is 1120. The average Bonchev–Trinajstić information content (AvgIpc) is 3.17. The van der Waals surface area contributed by atoms with E-state index in [1.807, 2.05) is 12.1 Å². The zero-order valence-corrected chi connectivity index (χ0v) is 20.5. The summed E-state index contributed by atoms with van der Waals surface area (Å²) in [5, 5.41) is 11.3. The van der Waals surface area contributed by atoms with Crippen LogP contribution in [0, 0.1) is 0 Å². The molecule has 2 aromatic carbocycles. The smallest absolute Gasteiger partial charge is 0.295 e. The Kier molecular flexibility index (Phi) is 8.40. The fraction of sp³-hybridized carbons (Fsp3) is 0.357. The molecule has 1 atom stereocenters. The molecule has 0 unspecified atom stereocenters. The first kappa shape index (κ1) is 25.5. The highest BCUT2D eigenvalue weighted by atomic mass is 16.5. The Morgan fingerprint density at radius 3 is 2.56 bits per heavy atom. The average molecular weight is 493 g/mol. The standard InChI is InChI=1S/C28H32N2O6/c1-3-16-36-22-10-8-20(9-11-22)26(31)24-25(21-6-4-7-23(19-21)34-2)30(28(33)27(24)32)13-5-12-29-14-17-35-18-15-29/h3-4,6-11,19,25,31H,1,5,12-18H2,2H3/b26-24+/t25-/m0/s1. The van der Waals surface area contributed by atoms with Crippen molar-refractivity contribution in [3.8, 4) is 11.5 Å². The lowest BCUT2D eigenvalue weighted by atomic mass is 9.95. The molecule has 0 radical (unpaired) electrons. The number of likely N-dealkylation sites (tertiary alicyclic amines) is 1. The number of ether oxygens (including phenoxy) is 3. The van der Waals surface area contributed by atoms with Crippen LogP contribution in [0.25, 0.3) is 5.76 Å². The van der Waals surface area contributed by atoms with Crippen molar-refractivity contribution in [3.05, 3.63) is 77.9 Å². The van der Waals surface area contributed by atoms with Crippen molar-refractivity contribution in [1.29, 1.82) is 0 Å². The van der Waals surface area contributed by atoms with Gasteiger partial charge in [-0.1, -0.05) is 24.8 Å². The van der Waals surface area contributed by atoms with E-state index < -0.39 is 17.7 Å². The van der Waals surface area contributed by atoms with Gasteiger partial charge in [0.2, 0.25) is 0 Å². The molecule has 0 spiro atoms. The van der Waals surface area contributed by atoms with Gasteiger partial charge >= 0.3 is 0 Å². The summed E-state index contributed by atoms with van der Waals surface area (Å²) in [6, 6.07) is 13.3. The second-order valence-corrected chi connectivity index (χ2v) is 8.70. The van der Waals surface area contributed by atoms with Gasteiger partial charge in [0.1, 0.15) is 23.9 Å². The van der Waals surface area contributed by atoms with Gasteiger partial charge in [0.15, 0.2) is 0 Å². The molecule has 36 heavy (non-hydrogen) atoms. The van der Waals surface area contributed by atoms with E-state index in [1.165, 1.54) is 0 Å². The second kappa shape index (κ2) is 11.9. The molecule has 2 heterocycles. The van der Waals surface area contributed by atoms with Crippen molar-refractivity contribution in [1.82, 2.24) is 9.80 Å². The molecule has 190 valence electrons. The number of Topliss-reactive ketones (excluding diaryl/α,β-unsaturated/α-hetero) is 1. The maximum Gasteiger partial charge on any atom is 0.295 e. The number of carbonyl (C=O) groups excluding carboxylic acids is 2. The summed E-state index contributed by atoms with van der Waals surface area (Å²) < 4.78 is 16.3. The molecule has 8 nitrogen and oxygen atoms in total. The first-order valence-electron chi connectivity index (χ1n) is 12.1. The van der Waals surface area contributed by atoms with Crippen LogP contribution < -0.4 is 9.47 Å². The van der Waals surface area contributed by atoms with Gasteiger partial charge in [-0.05, 0) is 48.4 Å². The van der Waals surface area contributed by atoms with Crippen molar-refractivity contribution < 1.29 is 28.9 Å². The van der Waals surface area contributed by atoms with Gasteiger partial charge in [0.25, 0.3) is 11.7 Å². The zero-order valence-electron chi connectivity index (χ0n) is 20.5. The highest BCUT2D eigenvalue weighted by Crippen LogP contribution is 2.40. The lowest BCUT2D eigenvalue weighted by Gasteiger charge is -2.29. The van der Waals surface area contributed by atoms with Gasteiger partial charge in [0.05, 0.1) is 31.9 Å². The molecule has 2 aliphatic heterocycles. The summed E-state index contributed by atoms with van der Waals surface area (Å²) in [4.78, 5) is 30.3. The van der Waals surface area contributed by atoms with Gasteiger partial charge in [-0.15, -0.1) is 0 Å². The molecule has 0 bridgehead atoms. The Labute approximate surface area is 211 Å². The third-order valence-electron chi connectivity index (χ3n) is 6.42. The number of aliphatic hydroxyl groups excluding tert-OH is 1. The molecule has 0 saturated carbocycles. The van der Waals surface area contributed by atoms with E-state index in [4.69, 9.17) is 14.2 Å². The first-order valence-corrected chi connectivity index (χ1v) is 12.1. The van der Waals surface area contributed by atoms with E-state index in [9.17, 15) is 14.7 Å². The number of methoxy groups -OCH3 is 1. The van der Waals surface area contributed by atoms with Crippen LogP contribution in [0.1, 0.15) is 23.6 Å². The van der Waals surface area contributed by atoms with E-state index in [0.29, 0.717) is 55.4 Å². The number of benzene rings is 2. The molecular formula is C28H32N2O6. The summed E-state index contributed by atoms with van der Waals surface area (Å²) in [6.45, 7) is 8.27. The zero-order chi connectivity index (χ0) is 25.5. The second-order valence-electron chi connectivity index (χ2n) is 8.70. The van der Waals surface area contributed by atoms with Gasteiger partial charge < -0.3 is 24.2 Å². The monoisotopic (exact) mass is 492 g/mol. The normalized spacial score (nSPS) is 19.9. The van der Waals surface area contributed by atoms with Crippen molar-refractivity contribution in [3.63, 3.8) is 0 Å². The third kappa shape index (κ3) is 5.61. The van der Waals surface area contributed by atoms with Crippen LogP contribution in [0.5, 0.6) is 11.5 Å². The van der Waals surface area contributed by atoms with E-state index in [1.54, 1.807) is 54.5 Å². The summed E-state index contributed by atoms with van der Waals surface area (Å²) in [7, 11) is 1.56. The Morgan fingerprint density at radius 1 is 1.11 bits per heavy atom. The Morgan fingerprint density at radius 2 is 1.86 bits per heavy atom. The summed E-state index contributed by atoms with van der Waals surface area (Å²) >= 11 is 0. The quantitative estimate of drug-likeness (QED) is 0.235. The van der Waals surface area contributed by atoms with Gasteiger partial charge in [-0.25, -0.2) is 0 Å². The number of carbonyl (C=O) groups is 2. The summed E-state index contributed by atoms with van der Waals surface area (Å²) in [6.07, 6.45) is 2.34. The first-order chi connectivity index (χ1) is 17.5. The largest absolute Gasteiger partial charge is 0.507 e. The molecule has 2 saturated heterocycles. The Balaban J connectivity index is 1.66. The van der Waals surface area contributed by atoms with E-state index in [0.717, 1.165) is 19.6 Å². The molecule has 0 aliphatic carbocycles. The van der Waals surface area contributed by atoms with E-state index in [-0.39, 0.29) is 11.3 Å². The van der Waals surface area contributed by atoms with Gasteiger partial charge in [-0.2, -0.15) is 0 Å². The molecule has 0 aromatic heterocycles. The fourth-order valence-corrected chi connectivity index (χ4v) is 4.58. The molecule has 2 aliphatic rings. The highest BCUT2D eigenvalue weighted by Gasteiger charge is 2.46. The van der Waals surface area contributed by atoms with Crippen LogP contribution in [0.3, 0.4) is 0 Å². The fourth-order valence-electron chi connectivity index (χ4n) is 4.58. The SMILES string of the molecule is C=CCOc1ccc(/C(O)=C2\C(=O)C(=O)N(CCCN3CCOCC3)[C@H]2c2cccc(OC)c2)cc1. The number of amides is 1. The third-order valence-corrected chi connectivity index (χ3v) is 6.42. The molecule has 2 aromatic rings. The van der Waals surface area contributed by atoms with Crippen molar-refractivity contribution in [2.75, 3.05) is 53.1 Å². The molecule has 1 N–H and O–H groups in total. The Hall–Kier alpha value is -3.62. The van der Waals surface area contributed by atoms with Crippen LogP contribution in [-0.2, 0) is 14.3 Å². The van der Waals surface area contributed by atoms with Gasteiger partial charge in [-0.3, -0.25) is 14.5 Å². The van der Waals surface area contributed by atoms with Crippen LogP contribution in [0.4, 0.5) is 0 Å². The van der Waals surface area contributed by atoms with E-state index in [2.05, 4.69) is 11.5 Å². The number of aliphatic hydroxyl groups is 1. The van der Waals surface area contributed by atoms with Gasteiger partial charge in [0, 0.05) is 31.7 Å². The highest BCUT2D eigenvalue weighted by molar-refractivity contribution is 6.46. The number of hydrogen-bond acceptors (Lipinski definition) is 7. The van der Waals surface area contributed by atoms with Crippen molar-refractivity contribution >= 4 is 17.4 Å². The maximum atomic E-state index is 13.2.